The second kappa shape index (κ2) is 7.92. The molecule has 0 aliphatic carbocycles. The minimum absolute atomic E-state index is 0.331. The zero-order chi connectivity index (χ0) is 14.1. The number of nitrogens with one attached hydrogen (secondary N) is 2. The Morgan fingerprint density at radius 1 is 1.37 bits per heavy atom. The van der Waals surface area contributed by atoms with Crippen molar-refractivity contribution in [1.82, 2.24) is 10.6 Å². The number of nitrogens with zero attached hydrogens (tertiary/aromatic N) is 1. The van der Waals surface area contributed by atoms with Crippen LogP contribution in [0.15, 0.2) is 41.9 Å². The summed E-state index contributed by atoms with van der Waals surface area (Å²) in [7, 11) is 3.08. The number of guanidine groups is 1. The Hall–Kier alpha value is -2.30. The SMILES string of the molecule is C=CCNC(=NC)NCc1ccc(C(=O)OC)cc1. The molecule has 1 rings (SSSR count). The van der Waals surface area contributed by atoms with Crippen molar-refractivity contribution in [2.24, 2.45) is 4.99 Å². The van der Waals surface area contributed by atoms with Gasteiger partial charge in [-0.15, -0.1) is 6.58 Å². The van der Waals surface area contributed by atoms with E-state index in [0.717, 1.165) is 5.56 Å². The summed E-state index contributed by atoms with van der Waals surface area (Å²) in [6.07, 6.45) is 1.76. The van der Waals surface area contributed by atoms with Gasteiger partial charge in [0, 0.05) is 20.1 Å². The first-order valence-corrected chi connectivity index (χ1v) is 5.94. The molecule has 102 valence electrons. The van der Waals surface area contributed by atoms with Gasteiger partial charge in [0.15, 0.2) is 5.96 Å². The zero-order valence-electron chi connectivity index (χ0n) is 11.3. The zero-order valence-corrected chi connectivity index (χ0v) is 11.3. The summed E-state index contributed by atoms with van der Waals surface area (Å²) in [5.41, 5.74) is 1.59. The van der Waals surface area contributed by atoms with Crippen LogP contribution < -0.4 is 10.6 Å². The van der Waals surface area contributed by atoms with Crippen molar-refractivity contribution in [3.8, 4) is 0 Å². The van der Waals surface area contributed by atoms with E-state index in [1.807, 2.05) is 12.1 Å². The molecule has 5 heteroatoms. The van der Waals surface area contributed by atoms with Crippen molar-refractivity contribution < 1.29 is 9.53 Å². The van der Waals surface area contributed by atoms with E-state index in [1.54, 1.807) is 25.3 Å². The smallest absolute Gasteiger partial charge is 0.337 e. The van der Waals surface area contributed by atoms with E-state index in [9.17, 15) is 4.79 Å². The summed E-state index contributed by atoms with van der Waals surface area (Å²) in [6, 6.07) is 7.23. The molecule has 1 aromatic carbocycles. The average Bonchev–Trinajstić information content (AvgIpc) is 2.47. The second-order valence-corrected chi connectivity index (χ2v) is 3.78. The van der Waals surface area contributed by atoms with Crippen molar-refractivity contribution in [3.05, 3.63) is 48.0 Å². The predicted octanol–water partition coefficient (Wildman–Crippen LogP) is 1.32. The van der Waals surface area contributed by atoms with Crippen molar-refractivity contribution in [2.75, 3.05) is 20.7 Å². The van der Waals surface area contributed by atoms with Crippen LogP contribution in [0.1, 0.15) is 15.9 Å². The molecule has 0 saturated heterocycles. The highest BCUT2D eigenvalue weighted by atomic mass is 16.5. The first kappa shape index (κ1) is 14.8. The van der Waals surface area contributed by atoms with E-state index in [0.29, 0.717) is 24.6 Å². The number of aliphatic imine (C=N–C) groups is 1. The van der Waals surface area contributed by atoms with Gasteiger partial charge in [0.1, 0.15) is 0 Å². The summed E-state index contributed by atoms with van der Waals surface area (Å²) in [5.74, 6) is 0.375. The van der Waals surface area contributed by atoms with Crippen LogP contribution in [0, 0.1) is 0 Å². The minimum Gasteiger partial charge on any atom is -0.465 e. The summed E-state index contributed by atoms with van der Waals surface area (Å²) in [5, 5.41) is 6.23. The molecule has 0 heterocycles. The lowest BCUT2D eigenvalue weighted by Crippen LogP contribution is -2.36. The van der Waals surface area contributed by atoms with Crippen LogP contribution in [0.3, 0.4) is 0 Å². The largest absolute Gasteiger partial charge is 0.465 e. The number of methoxy groups -OCH3 is 1. The third kappa shape index (κ3) is 4.83. The number of esters is 1. The van der Waals surface area contributed by atoms with Gasteiger partial charge in [-0.1, -0.05) is 18.2 Å². The number of ether oxygens (including phenoxy) is 1. The molecule has 1 aromatic rings. The van der Waals surface area contributed by atoms with Gasteiger partial charge in [-0.3, -0.25) is 4.99 Å². The monoisotopic (exact) mass is 261 g/mol. The number of carbonyl (C=O) groups excluding carboxylic acids is 1. The van der Waals surface area contributed by atoms with Gasteiger partial charge in [0.2, 0.25) is 0 Å². The van der Waals surface area contributed by atoms with Gasteiger partial charge in [-0.05, 0) is 17.7 Å². The van der Waals surface area contributed by atoms with Gasteiger partial charge in [0.05, 0.1) is 12.7 Å². The maximum absolute atomic E-state index is 11.3. The Labute approximate surface area is 113 Å². The summed E-state index contributed by atoms with van der Waals surface area (Å²) < 4.78 is 4.64. The second-order valence-electron chi connectivity index (χ2n) is 3.78. The number of hydrogen-bond acceptors (Lipinski definition) is 3. The highest BCUT2D eigenvalue weighted by Crippen LogP contribution is 2.05. The number of hydrogen-bond donors (Lipinski definition) is 2. The minimum atomic E-state index is -0.331. The number of rotatable bonds is 5. The molecule has 2 N–H and O–H groups in total. The van der Waals surface area contributed by atoms with Crippen molar-refractivity contribution in [3.63, 3.8) is 0 Å². The predicted molar refractivity (Wildman–Crippen MR) is 76.2 cm³/mol. The lowest BCUT2D eigenvalue weighted by atomic mass is 10.1. The quantitative estimate of drug-likeness (QED) is 0.363. The normalized spacial score (nSPS) is 10.7. The first-order valence-electron chi connectivity index (χ1n) is 5.94. The first-order chi connectivity index (χ1) is 9.21. The highest BCUT2D eigenvalue weighted by molar-refractivity contribution is 5.89. The molecule has 19 heavy (non-hydrogen) atoms. The van der Waals surface area contributed by atoms with Gasteiger partial charge in [-0.25, -0.2) is 4.79 Å². The Morgan fingerprint density at radius 2 is 2.05 bits per heavy atom. The molecule has 0 aliphatic heterocycles. The molecule has 0 unspecified atom stereocenters. The third-order valence-electron chi connectivity index (χ3n) is 2.47. The fourth-order valence-corrected chi connectivity index (χ4v) is 1.45. The Morgan fingerprint density at radius 3 is 2.58 bits per heavy atom. The van der Waals surface area contributed by atoms with Gasteiger partial charge < -0.3 is 15.4 Å². The van der Waals surface area contributed by atoms with Crippen molar-refractivity contribution in [1.29, 1.82) is 0 Å². The summed E-state index contributed by atoms with van der Waals surface area (Å²) in [6.45, 7) is 4.91. The van der Waals surface area contributed by atoms with Crippen LogP contribution >= 0.6 is 0 Å². The van der Waals surface area contributed by atoms with Crippen molar-refractivity contribution in [2.45, 2.75) is 6.54 Å². The van der Waals surface area contributed by atoms with Crippen LogP contribution in [0.5, 0.6) is 0 Å². The summed E-state index contributed by atoms with van der Waals surface area (Å²) in [4.78, 5) is 15.4. The fraction of sp³-hybridized carbons (Fsp3) is 0.286. The van der Waals surface area contributed by atoms with Gasteiger partial charge in [-0.2, -0.15) is 0 Å². The highest BCUT2D eigenvalue weighted by Gasteiger charge is 2.04. The van der Waals surface area contributed by atoms with E-state index in [-0.39, 0.29) is 5.97 Å². The van der Waals surface area contributed by atoms with Crippen LogP contribution in [-0.2, 0) is 11.3 Å². The molecule has 0 spiro atoms. The van der Waals surface area contributed by atoms with Crippen molar-refractivity contribution >= 4 is 11.9 Å². The number of carbonyl (C=O) groups is 1. The third-order valence-corrected chi connectivity index (χ3v) is 2.47. The average molecular weight is 261 g/mol. The van der Waals surface area contributed by atoms with E-state index in [2.05, 4.69) is 26.9 Å². The molecule has 0 radical (unpaired) electrons. The van der Waals surface area contributed by atoms with Gasteiger partial charge in [0.25, 0.3) is 0 Å². The molecule has 0 atom stereocenters. The van der Waals surface area contributed by atoms with Crippen LogP contribution in [0.2, 0.25) is 0 Å². The summed E-state index contributed by atoms with van der Waals surface area (Å²) >= 11 is 0. The number of benzene rings is 1. The lowest BCUT2D eigenvalue weighted by molar-refractivity contribution is 0.0600. The molecule has 0 fully saturated rings. The molecule has 0 bridgehead atoms. The topological polar surface area (TPSA) is 62.7 Å². The Bertz CT molecular complexity index is 452. The maximum Gasteiger partial charge on any atom is 0.337 e. The Kier molecular flexibility index (Phi) is 6.15. The van der Waals surface area contributed by atoms with E-state index < -0.39 is 0 Å². The lowest BCUT2D eigenvalue weighted by Gasteiger charge is -2.10. The van der Waals surface area contributed by atoms with Crippen LogP contribution in [-0.4, -0.2) is 32.6 Å². The molecule has 0 aromatic heterocycles. The molecule has 0 saturated carbocycles. The maximum atomic E-state index is 11.3. The fourth-order valence-electron chi connectivity index (χ4n) is 1.45. The molecule has 0 amide bonds. The van der Waals surface area contributed by atoms with E-state index in [1.165, 1.54) is 7.11 Å². The van der Waals surface area contributed by atoms with Crippen LogP contribution in [0.25, 0.3) is 0 Å². The molecule has 5 nitrogen and oxygen atoms in total. The molecular formula is C14H19N3O2. The van der Waals surface area contributed by atoms with E-state index >= 15 is 0 Å². The molecular weight excluding hydrogens is 242 g/mol. The Balaban J connectivity index is 2.53. The molecule has 0 aliphatic rings. The standard InChI is InChI=1S/C14H19N3O2/c1-4-9-16-14(15-2)17-10-11-5-7-12(8-6-11)13(18)19-3/h4-8H,1,9-10H2,2-3H3,(H2,15,16,17). The van der Waals surface area contributed by atoms with Crippen LogP contribution in [0.4, 0.5) is 0 Å². The van der Waals surface area contributed by atoms with Gasteiger partial charge >= 0.3 is 5.97 Å². The van der Waals surface area contributed by atoms with E-state index in [4.69, 9.17) is 0 Å².